The Morgan fingerprint density at radius 1 is 1.25 bits per heavy atom. The van der Waals surface area contributed by atoms with Crippen molar-refractivity contribution in [3.05, 3.63) is 23.2 Å². The number of alkyl halides is 2. The van der Waals surface area contributed by atoms with Gasteiger partial charge in [0.15, 0.2) is 0 Å². The van der Waals surface area contributed by atoms with Gasteiger partial charge < -0.3 is 20.5 Å². The second-order valence-corrected chi connectivity index (χ2v) is 5.92. The summed E-state index contributed by atoms with van der Waals surface area (Å²) in [6.45, 7) is -3.02. The molecular formula is C15H17ClF2N2O4. The number of carboxylic acid groups (broad SMARTS) is 1. The molecule has 1 aromatic rings. The van der Waals surface area contributed by atoms with Crippen LogP contribution in [0, 0.1) is 5.92 Å². The molecule has 0 atom stereocenters. The van der Waals surface area contributed by atoms with Crippen molar-refractivity contribution < 1.29 is 28.2 Å². The van der Waals surface area contributed by atoms with Gasteiger partial charge in [-0.25, -0.2) is 4.79 Å². The van der Waals surface area contributed by atoms with Crippen molar-refractivity contribution in [2.24, 2.45) is 5.92 Å². The number of nitrogens with one attached hydrogen (secondary N) is 2. The minimum Gasteiger partial charge on any atom is -0.481 e. The highest BCUT2D eigenvalue weighted by molar-refractivity contribution is 6.32. The first-order chi connectivity index (χ1) is 11.3. The first-order valence-corrected chi connectivity index (χ1v) is 7.77. The molecule has 1 aromatic carbocycles. The number of hydrogen-bond acceptors (Lipinski definition) is 3. The van der Waals surface area contributed by atoms with E-state index < -0.39 is 18.6 Å². The average Bonchev–Trinajstić information content (AvgIpc) is 2.50. The normalized spacial score (nSPS) is 20.5. The summed E-state index contributed by atoms with van der Waals surface area (Å²) in [4.78, 5) is 22.8. The number of carbonyl (C=O) groups is 2. The first-order valence-electron chi connectivity index (χ1n) is 7.40. The third-order valence-electron chi connectivity index (χ3n) is 3.82. The Hall–Kier alpha value is -2.09. The molecule has 0 heterocycles. The van der Waals surface area contributed by atoms with Crippen LogP contribution in [0.5, 0.6) is 5.75 Å². The van der Waals surface area contributed by atoms with E-state index >= 15 is 0 Å². The standard InChI is InChI=1S/C15H17ClF2N2O4/c16-11-6-5-10(7-12(11)24-14(17)18)20-15(23)19-9-3-1-8(2-4-9)13(21)22/h5-9,14H,1-4H2,(H,21,22)(H2,19,20,23). The maximum atomic E-state index is 12.3. The predicted octanol–water partition coefficient (Wildman–Crippen LogP) is 3.71. The van der Waals surface area contributed by atoms with Gasteiger partial charge >= 0.3 is 18.6 Å². The van der Waals surface area contributed by atoms with Gasteiger partial charge in [-0.05, 0) is 37.8 Å². The Kier molecular flexibility index (Phi) is 6.19. The SMILES string of the molecule is O=C(Nc1ccc(Cl)c(OC(F)F)c1)NC1CCC(C(=O)O)CC1. The molecule has 0 aromatic heterocycles. The lowest BCUT2D eigenvalue weighted by molar-refractivity contribution is -0.142. The van der Waals surface area contributed by atoms with Gasteiger partial charge in [0, 0.05) is 17.8 Å². The Labute approximate surface area is 142 Å². The summed E-state index contributed by atoms with van der Waals surface area (Å²) in [7, 11) is 0. The summed E-state index contributed by atoms with van der Waals surface area (Å²) in [6, 6.07) is 3.38. The average molecular weight is 363 g/mol. The number of anilines is 1. The highest BCUT2D eigenvalue weighted by atomic mass is 35.5. The number of carbonyl (C=O) groups excluding carboxylic acids is 1. The number of aliphatic carboxylic acids is 1. The molecule has 24 heavy (non-hydrogen) atoms. The van der Waals surface area contributed by atoms with Crippen LogP contribution in [0.3, 0.4) is 0 Å². The van der Waals surface area contributed by atoms with Gasteiger partial charge in [-0.15, -0.1) is 0 Å². The van der Waals surface area contributed by atoms with Crippen LogP contribution in [0.4, 0.5) is 19.3 Å². The van der Waals surface area contributed by atoms with E-state index in [1.165, 1.54) is 18.2 Å². The van der Waals surface area contributed by atoms with Gasteiger partial charge in [-0.2, -0.15) is 8.78 Å². The molecule has 0 spiro atoms. The van der Waals surface area contributed by atoms with Crippen LogP contribution in [0.15, 0.2) is 18.2 Å². The zero-order valence-electron chi connectivity index (χ0n) is 12.6. The first kappa shape index (κ1) is 18.3. The highest BCUT2D eigenvalue weighted by Crippen LogP contribution is 2.29. The molecule has 0 unspecified atom stereocenters. The molecular weight excluding hydrogens is 346 g/mol. The van der Waals surface area contributed by atoms with Crippen LogP contribution in [-0.2, 0) is 4.79 Å². The maximum Gasteiger partial charge on any atom is 0.387 e. The van der Waals surface area contributed by atoms with Gasteiger partial charge in [-0.3, -0.25) is 4.79 Å². The minimum atomic E-state index is -3.02. The second kappa shape index (κ2) is 8.14. The van der Waals surface area contributed by atoms with E-state index in [0.717, 1.165) is 0 Å². The summed E-state index contributed by atoms with van der Waals surface area (Å²) < 4.78 is 28.8. The fraction of sp³-hybridized carbons (Fsp3) is 0.467. The summed E-state index contributed by atoms with van der Waals surface area (Å²) in [5, 5.41) is 14.2. The topological polar surface area (TPSA) is 87.7 Å². The molecule has 9 heteroatoms. The Morgan fingerprint density at radius 3 is 2.50 bits per heavy atom. The lowest BCUT2D eigenvalue weighted by Crippen LogP contribution is -2.40. The van der Waals surface area contributed by atoms with Crippen molar-refractivity contribution in [2.45, 2.75) is 38.3 Å². The summed E-state index contributed by atoms with van der Waals surface area (Å²) in [6.07, 6.45) is 2.16. The third kappa shape index (κ3) is 5.23. The van der Waals surface area contributed by atoms with E-state index in [-0.39, 0.29) is 28.4 Å². The van der Waals surface area contributed by atoms with Crippen molar-refractivity contribution in [2.75, 3.05) is 5.32 Å². The van der Waals surface area contributed by atoms with Crippen LogP contribution < -0.4 is 15.4 Å². The number of amides is 2. The summed E-state index contributed by atoms with van der Waals surface area (Å²) in [5.74, 6) is -1.41. The molecule has 0 saturated heterocycles. The van der Waals surface area contributed by atoms with Crippen LogP contribution in [0.1, 0.15) is 25.7 Å². The molecule has 2 amide bonds. The predicted molar refractivity (Wildman–Crippen MR) is 83.6 cm³/mol. The van der Waals surface area contributed by atoms with Crippen molar-refractivity contribution in [1.29, 1.82) is 0 Å². The molecule has 1 fully saturated rings. The van der Waals surface area contributed by atoms with Gasteiger partial charge in [0.05, 0.1) is 10.9 Å². The number of halogens is 3. The molecule has 0 aliphatic heterocycles. The van der Waals surface area contributed by atoms with Crippen LogP contribution >= 0.6 is 11.6 Å². The molecule has 1 aliphatic rings. The molecule has 132 valence electrons. The zero-order chi connectivity index (χ0) is 17.7. The molecule has 0 bridgehead atoms. The fourth-order valence-corrected chi connectivity index (χ4v) is 2.77. The number of hydrogen-bond donors (Lipinski definition) is 3. The quantitative estimate of drug-likeness (QED) is 0.745. The molecule has 1 aliphatic carbocycles. The molecule has 6 nitrogen and oxygen atoms in total. The lowest BCUT2D eigenvalue weighted by atomic mass is 9.86. The Bertz CT molecular complexity index is 607. The zero-order valence-corrected chi connectivity index (χ0v) is 13.4. The fourth-order valence-electron chi connectivity index (χ4n) is 2.60. The number of carboxylic acids is 1. The van der Waals surface area contributed by atoms with Crippen LogP contribution in [0.2, 0.25) is 5.02 Å². The van der Waals surface area contributed by atoms with Gasteiger partial charge in [0.25, 0.3) is 0 Å². The van der Waals surface area contributed by atoms with E-state index in [1.807, 2.05) is 0 Å². The van der Waals surface area contributed by atoms with E-state index in [2.05, 4.69) is 15.4 Å². The van der Waals surface area contributed by atoms with Crippen molar-refractivity contribution in [3.8, 4) is 5.75 Å². The minimum absolute atomic E-state index is 0.00764. The van der Waals surface area contributed by atoms with Crippen molar-refractivity contribution in [3.63, 3.8) is 0 Å². The van der Waals surface area contributed by atoms with E-state index in [0.29, 0.717) is 25.7 Å². The number of ether oxygens (including phenoxy) is 1. The third-order valence-corrected chi connectivity index (χ3v) is 4.13. The molecule has 1 saturated carbocycles. The maximum absolute atomic E-state index is 12.3. The van der Waals surface area contributed by atoms with E-state index in [1.54, 1.807) is 0 Å². The molecule has 0 radical (unpaired) electrons. The lowest BCUT2D eigenvalue weighted by Gasteiger charge is -2.26. The Morgan fingerprint density at radius 2 is 1.92 bits per heavy atom. The highest BCUT2D eigenvalue weighted by Gasteiger charge is 2.26. The van der Waals surface area contributed by atoms with E-state index in [4.69, 9.17) is 16.7 Å². The smallest absolute Gasteiger partial charge is 0.387 e. The molecule has 2 rings (SSSR count). The van der Waals surface area contributed by atoms with Gasteiger partial charge in [-0.1, -0.05) is 11.6 Å². The van der Waals surface area contributed by atoms with Gasteiger partial charge in [0.1, 0.15) is 5.75 Å². The molecule has 3 N–H and O–H groups in total. The number of rotatable bonds is 5. The summed E-state index contributed by atoms with van der Waals surface area (Å²) in [5.41, 5.74) is 0.256. The van der Waals surface area contributed by atoms with Crippen LogP contribution in [0.25, 0.3) is 0 Å². The van der Waals surface area contributed by atoms with Gasteiger partial charge in [0.2, 0.25) is 0 Å². The van der Waals surface area contributed by atoms with Crippen LogP contribution in [-0.4, -0.2) is 29.8 Å². The van der Waals surface area contributed by atoms with Crippen molar-refractivity contribution >= 4 is 29.3 Å². The Balaban J connectivity index is 1.87. The second-order valence-electron chi connectivity index (χ2n) is 5.51. The largest absolute Gasteiger partial charge is 0.481 e. The summed E-state index contributed by atoms with van der Waals surface area (Å²) >= 11 is 5.74. The number of benzene rings is 1. The van der Waals surface area contributed by atoms with E-state index in [9.17, 15) is 18.4 Å². The monoisotopic (exact) mass is 362 g/mol. The number of urea groups is 1. The van der Waals surface area contributed by atoms with Crippen molar-refractivity contribution in [1.82, 2.24) is 5.32 Å².